The molecule has 2 atom stereocenters. The molecule has 0 unspecified atom stereocenters. The zero-order valence-electron chi connectivity index (χ0n) is 14.7. The molecule has 2 aromatic rings. The van der Waals surface area contributed by atoms with E-state index in [4.69, 9.17) is 0 Å². The van der Waals surface area contributed by atoms with Gasteiger partial charge in [-0.05, 0) is 24.5 Å². The van der Waals surface area contributed by atoms with Crippen LogP contribution in [0.2, 0.25) is 0 Å². The zero-order valence-corrected chi connectivity index (χ0v) is 15.5. The van der Waals surface area contributed by atoms with E-state index in [0.29, 0.717) is 12.0 Å². The quantitative estimate of drug-likeness (QED) is 0.893. The van der Waals surface area contributed by atoms with Crippen molar-refractivity contribution in [1.82, 2.24) is 4.31 Å². The number of carboxylic acid groups (broad SMARTS) is 1. The summed E-state index contributed by atoms with van der Waals surface area (Å²) in [7, 11) is -3.67. The SMILES string of the molecule is Cc1ccc([C@H]2C(C(=O)O)=CC[C@@H](c3ccccc3)N2S(C)(=O)=O)cc1. The highest BCUT2D eigenvalue weighted by Crippen LogP contribution is 2.43. The zero-order chi connectivity index (χ0) is 18.9. The number of hydrogen-bond acceptors (Lipinski definition) is 3. The van der Waals surface area contributed by atoms with Crippen LogP contribution in [0.25, 0.3) is 0 Å². The van der Waals surface area contributed by atoms with Crippen LogP contribution in [0.1, 0.15) is 35.2 Å². The fourth-order valence-electron chi connectivity index (χ4n) is 3.43. The standard InChI is InChI=1S/C20H21NO4S/c1-14-8-10-16(11-9-14)19-17(20(22)23)12-13-18(21(19)26(2,24)25)15-6-4-3-5-7-15/h3-12,18-19H,13H2,1-2H3,(H,22,23)/t18-,19-/m0/s1. The van der Waals surface area contributed by atoms with Gasteiger partial charge in [-0.3, -0.25) is 0 Å². The maximum Gasteiger partial charge on any atom is 0.333 e. The van der Waals surface area contributed by atoms with Crippen LogP contribution >= 0.6 is 0 Å². The van der Waals surface area contributed by atoms with Gasteiger partial charge in [-0.15, -0.1) is 0 Å². The van der Waals surface area contributed by atoms with Crippen molar-refractivity contribution in [1.29, 1.82) is 0 Å². The lowest BCUT2D eigenvalue weighted by molar-refractivity contribution is -0.133. The van der Waals surface area contributed by atoms with Crippen LogP contribution < -0.4 is 0 Å². The highest BCUT2D eigenvalue weighted by Gasteiger charge is 2.42. The molecule has 0 amide bonds. The van der Waals surface area contributed by atoms with Gasteiger partial charge >= 0.3 is 5.97 Å². The summed E-state index contributed by atoms with van der Waals surface area (Å²) in [6, 6.07) is 15.3. The van der Waals surface area contributed by atoms with Gasteiger partial charge in [-0.25, -0.2) is 13.2 Å². The van der Waals surface area contributed by atoms with Gasteiger partial charge in [0.15, 0.2) is 0 Å². The van der Waals surface area contributed by atoms with Crippen molar-refractivity contribution in [2.45, 2.75) is 25.4 Å². The maximum absolute atomic E-state index is 12.7. The summed E-state index contributed by atoms with van der Waals surface area (Å²) in [5, 5.41) is 9.68. The van der Waals surface area contributed by atoms with E-state index in [9.17, 15) is 18.3 Å². The molecule has 136 valence electrons. The lowest BCUT2D eigenvalue weighted by Gasteiger charge is -2.40. The van der Waals surface area contributed by atoms with Crippen molar-refractivity contribution in [3.8, 4) is 0 Å². The van der Waals surface area contributed by atoms with Gasteiger partial charge in [0, 0.05) is 0 Å². The monoisotopic (exact) mass is 371 g/mol. The third-order valence-electron chi connectivity index (χ3n) is 4.62. The van der Waals surface area contributed by atoms with Gasteiger partial charge < -0.3 is 5.11 Å². The van der Waals surface area contributed by atoms with Crippen LogP contribution in [0.4, 0.5) is 0 Å². The van der Waals surface area contributed by atoms with Crippen LogP contribution in [0.5, 0.6) is 0 Å². The molecule has 1 aliphatic rings. The Morgan fingerprint density at radius 1 is 1.04 bits per heavy atom. The normalized spacial score (nSPS) is 21.2. The molecule has 1 N–H and O–H groups in total. The molecule has 5 nitrogen and oxygen atoms in total. The van der Waals surface area contributed by atoms with Crippen molar-refractivity contribution >= 4 is 16.0 Å². The molecule has 0 fully saturated rings. The van der Waals surface area contributed by atoms with Gasteiger partial charge in [0.2, 0.25) is 10.0 Å². The fraction of sp³-hybridized carbons (Fsp3) is 0.250. The van der Waals surface area contributed by atoms with Gasteiger partial charge in [-0.1, -0.05) is 66.2 Å². The maximum atomic E-state index is 12.7. The number of benzene rings is 2. The average molecular weight is 371 g/mol. The lowest BCUT2D eigenvalue weighted by Crippen LogP contribution is -2.41. The van der Waals surface area contributed by atoms with Crippen molar-refractivity contribution in [3.05, 3.63) is 82.9 Å². The summed E-state index contributed by atoms with van der Waals surface area (Å²) in [5.41, 5.74) is 2.61. The van der Waals surface area contributed by atoms with Crippen LogP contribution in [-0.2, 0) is 14.8 Å². The first-order valence-electron chi connectivity index (χ1n) is 8.32. The molecule has 0 bridgehead atoms. The molecule has 0 spiro atoms. The molecule has 0 radical (unpaired) electrons. The Hall–Kier alpha value is -2.44. The van der Waals surface area contributed by atoms with Gasteiger partial charge in [0.1, 0.15) is 0 Å². The second kappa shape index (κ2) is 7.05. The van der Waals surface area contributed by atoms with Gasteiger partial charge in [0.05, 0.1) is 23.9 Å². The first-order valence-corrected chi connectivity index (χ1v) is 10.2. The van der Waals surface area contributed by atoms with Crippen LogP contribution in [0, 0.1) is 6.92 Å². The molecule has 0 saturated carbocycles. The Morgan fingerprint density at radius 2 is 1.65 bits per heavy atom. The minimum Gasteiger partial charge on any atom is -0.478 e. The molecule has 0 aliphatic carbocycles. The van der Waals surface area contributed by atoms with Gasteiger partial charge in [0.25, 0.3) is 0 Å². The van der Waals surface area contributed by atoms with Crippen molar-refractivity contribution < 1.29 is 18.3 Å². The minimum absolute atomic E-state index is 0.0893. The van der Waals surface area contributed by atoms with E-state index in [0.717, 1.165) is 17.4 Å². The van der Waals surface area contributed by atoms with Crippen molar-refractivity contribution in [2.75, 3.05) is 6.26 Å². The third kappa shape index (κ3) is 3.57. The number of aryl methyl sites for hydroxylation is 1. The summed E-state index contributed by atoms with van der Waals surface area (Å²) in [5.74, 6) is -1.10. The Balaban J connectivity index is 2.20. The summed E-state index contributed by atoms with van der Waals surface area (Å²) in [6.07, 6.45) is 3.10. The molecule has 26 heavy (non-hydrogen) atoms. The molecular formula is C20H21NO4S. The van der Waals surface area contributed by atoms with Crippen molar-refractivity contribution in [3.63, 3.8) is 0 Å². The fourth-order valence-corrected chi connectivity index (χ4v) is 4.72. The van der Waals surface area contributed by atoms with E-state index < -0.39 is 28.1 Å². The van der Waals surface area contributed by atoms with Crippen LogP contribution in [0.15, 0.2) is 66.2 Å². The highest BCUT2D eigenvalue weighted by atomic mass is 32.2. The second-order valence-electron chi connectivity index (χ2n) is 6.53. The Labute approximate surface area is 153 Å². The summed E-state index contributed by atoms with van der Waals surface area (Å²) >= 11 is 0. The second-order valence-corrected chi connectivity index (χ2v) is 8.42. The van der Waals surface area contributed by atoms with E-state index in [1.807, 2.05) is 49.4 Å². The average Bonchev–Trinajstić information content (AvgIpc) is 2.61. The highest BCUT2D eigenvalue weighted by molar-refractivity contribution is 7.88. The largest absolute Gasteiger partial charge is 0.478 e. The minimum atomic E-state index is -3.67. The van der Waals surface area contributed by atoms with E-state index in [2.05, 4.69) is 0 Å². The topological polar surface area (TPSA) is 74.7 Å². The Bertz CT molecular complexity index is 934. The smallest absolute Gasteiger partial charge is 0.333 e. The lowest BCUT2D eigenvalue weighted by atomic mass is 9.89. The summed E-state index contributed by atoms with van der Waals surface area (Å²) in [4.78, 5) is 11.8. The van der Waals surface area contributed by atoms with E-state index in [1.54, 1.807) is 18.2 Å². The third-order valence-corrected chi connectivity index (χ3v) is 5.86. The molecule has 0 saturated heterocycles. The molecular weight excluding hydrogens is 350 g/mol. The van der Waals surface area contributed by atoms with Gasteiger partial charge in [-0.2, -0.15) is 4.31 Å². The first-order chi connectivity index (χ1) is 12.3. The first kappa shape index (κ1) is 18.4. The summed E-state index contributed by atoms with van der Waals surface area (Å²) in [6.45, 7) is 1.93. The number of carboxylic acids is 1. The molecule has 0 aromatic heterocycles. The Kier molecular flexibility index (Phi) is 4.98. The Morgan fingerprint density at radius 3 is 2.19 bits per heavy atom. The number of nitrogens with zero attached hydrogens (tertiary/aromatic N) is 1. The van der Waals surface area contributed by atoms with Crippen LogP contribution in [0.3, 0.4) is 0 Å². The number of carbonyl (C=O) groups is 1. The summed E-state index contributed by atoms with van der Waals surface area (Å²) < 4.78 is 26.7. The number of aliphatic carboxylic acids is 1. The predicted octanol–water partition coefficient (Wildman–Crippen LogP) is 3.45. The molecule has 1 heterocycles. The number of hydrogen-bond donors (Lipinski definition) is 1. The van der Waals surface area contributed by atoms with Crippen molar-refractivity contribution in [2.24, 2.45) is 0 Å². The van der Waals surface area contributed by atoms with E-state index in [-0.39, 0.29) is 5.57 Å². The molecule has 3 rings (SSSR count). The van der Waals surface area contributed by atoms with E-state index in [1.165, 1.54) is 4.31 Å². The predicted molar refractivity (Wildman–Crippen MR) is 100 cm³/mol. The van der Waals surface area contributed by atoms with E-state index >= 15 is 0 Å². The number of rotatable bonds is 4. The van der Waals surface area contributed by atoms with Crippen LogP contribution in [-0.4, -0.2) is 30.1 Å². The molecule has 2 aromatic carbocycles. The molecule has 1 aliphatic heterocycles. The number of sulfonamides is 1. The molecule has 6 heteroatoms.